The molecule has 0 saturated heterocycles. The molecule has 1 unspecified atom stereocenters. The van der Waals surface area contributed by atoms with Gasteiger partial charge in [-0.15, -0.1) is 0 Å². The first-order valence-corrected chi connectivity index (χ1v) is 4.60. The Morgan fingerprint density at radius 1 is 1.50 bits per heavy atom. The molecule has 3 heteroatoms. The van der Waals surface area contributed by atoms with E-state index in [0.29, 0.717) is 17.5 Å². The second-order valence-electron chi connectivity index (χ2n) is 3.62. The molecule has 1 rings (SSSR count). The van der Waals surface area contributed by atoms with Gasteiger partial charge in [0.05, 0.1) is 5.56 Å². The summed E-state index contributed by atoms with van der Waals surface area (Å²) >= 11 is 0. The number of carboxylic acids is 1. The zero-order chi connectivity index (χ0) is 10.8. The van der Waals surface area contributed by atoms with Crippen LogP contribution in [0.4, 0.5) is 0 Å². The molecule has 0 spiro atoms. The molecule has 3 nitrogen and oxygen atoms in total. The zero-order valence-electron chi connectivity index (χ0n) is 8.45. The standard InChI is InChI=1S/C11H15NO2/c1-3-11(2,12)9-7-5-4-6-8(9)10(13)14/h4-7H,3,12H2,1-2H3,(H,13,14). The van der Waals surface area contributed by atoms with Crippen LogP contribution in [0.25, 0.3) is 0 Å². The molecule has 0 aliphatic heterocycles. The lowest BCUT2D eigenvalue weighted by Gasteiger charge is -2.24. The third-order valence-corrected chi connectivity index (χ3v) is 2.51. The summed E-state index contributed by atoms with van der Waals surface area (Å²) in [5, 5.41) is 8.97. The van der Waals surface area contributed by atoms with Crippen LogP contribution < -0.4 is 5.73 Å². The van der Waals surface area contributed by atoms with Gasteiger partial charge in [-0.2, -0.15) is 0 Å². The highest BCUT2D eigenvalue weighted by atomic mass is 16.4. The fourth-order valence-corrected chi connectivity index (χ4v) is 1.36. The van der Waals surface area contributed by atoms with E-state index in [1.165, 1.54) is 0 Å². The fraction of sp³-hybridized carbons (Fsp3) is 0.364. The Morgan fingerprint density at radius 2 is 2.07 bits per heavy atom. The number of hydrogen-bond donors (Lipinski definition) is 2. The maximum Gasteiger partial charge on any atom is 0.336 e. The summed E-state index contributed by atoms with van der Waals surface area (Å²) in [7, 11) is 0. The van der Waals surface area contributed by atoms with Crippen molar-refractivity contribution < 1.29 is 9.90 Å². The van der Waals surface area contributed by atoms with Crippen molar-refractivity contribution in [2.24, 2.45) is 5.73 Å². The quantitative estimate of drug-likeness (QED) is 0.771. The number of carbonyl (C=O) groups is 1. The molecule has 0 saturated carbocycles. The molecule has 1 aromatic carbocycles. The van der Waals surface area contributed by atoms with Crippen molar-refractivity contribution in [1.29, 1.82) is 0 Å². The van der Waals surface area contributed by atoms with Crippen molar-refractivity contribution >= 4 is 5.97 Å². The molecule has 0 bridgehead atoms. The van der Waals surface area contributed by atoms with Gasteiger partial charge in [0.25, 0.3) is 0 Å². The van der Waals surface area contributed by atoms with E-state index in [1.54, 1.807) is 18.2 Å². The van der Waals surface area contributed by atoms with Gasteiger partial charge in [-0.05, 0) is 25.0 Å². The van der Waals surface area contributed by atoms with Crippen LogP contribution in [-0.4, -0.2) is 11.1 Å². The van der Waals surface area contributed by atoms with Crippen LogP contribution in [0.2, 0.25) is 0 Å². The summed E-state index contributed by atoms with van der Waals surface area (Å²) < 4.78 is 0. The predicted molar refractivity (Wildman–Crippen MR) is 55.2 cm³/mol. The van der Waals surface area contributed by atoms with Gasteiger partial charge in [-0.3, -0.25) is 0 Å². The van der Waals surface area contributed by atoms with E-state index in [4.69, 9.17) is 10.8 Å². The topological polar surface area (TPSA) is 63.3 Å². The van der Waals surface area contributed by atoms with Gasteiger partial charge in [0, 0.05) is 5.54 Å². The van der Waals surface area contributed by atoms with Gasteiger partial charge in [-0.1, -0.05) is 25.1 Å². The summed E-state index contributed by atoms with van der Waals surface area (Å²) in [6, 6.07) is 6.87. The third kappa shape index (κ3) is 1.93. The van der Waals surface area contributed by atoms with Crippen LogP contribution in [-0.2, 0) is 5.54 Å². The summed E-state index contributed by atoms with van der Waals surface area (Å²) in [4.78, 5) is 10.9. The molecule has 0 fully saturated rings. The smallest absolute Gasteiger partial charge is 0.336 e. The predicted octanol–water partition coefficient (Wildman–Crippen LogP) is 1.97. The average Bonchev–Trinajstić information content (AvgIpc) is 2.18. The Balaban J connectivity index is 3.27. The van der Waals surface area contributed by atoms with Gasteiger partial charge >= 0.3 is 5.97 Å². The number of carboxylic acid groups (broad SMARTS) is 1. The van der Waals surface area contributed by atoms with Crippen LogP contribution in [0.5, 0.6) is 0 Å². The molecule has 0 aromatic heterocycles. The second kappa shape index (κ2) is 3.80. The molecule has 0 amide bonds. The van der Waals surface area contributed by atoms with Gasteiger partial charge in [0.2, 0.25) is 0 Å². The van der Waals surface area contributed by atoms with Crippen LogP contribution in [0.1, 0.15) is 36.2 Å². The molecule has 14 heavy (non-hydrogen) atoms. The Labute approximate surface area is 83.6 Å². The molecule has 1 atom stereocenters. The highest BCUT2D eigenvalue weighted by molar-refractivity contribution is 5.89. The van der Waals surface area contributed by atoms with E-state index in [1.807, 2.05) is 19.9 Å². The highest BCUT2D eigenvalue weighted by Gasteiger charge is 2.23. The minimum absolute atomic E-state index is 0.291. The van der Waals surface area contributed by atoms with Crippen molar-refractivity contribution in [3.8, 4) is 0 Å². The lowest BCUT2D eigenvalue weighted by molar-refractivity contribution is 0.0693. The summed E-state index contributed by atoms with van der Waals surface area (Å²) in [5.74, 6) is -0.925. The Bertz CT molecular complexity index is 345. The number of rotatable bonds is 3. The molecule has 1 aromatic rings. The molecule has 0 aliphatic carbocycles. The summed E-state index contributed by atoms with van der Waals surface area (Å²) in [6.07, 6.45) is 0.706. The van der Waals surface area contributed by atoms with Crippen LogP contribution >= 0.6 is 0 Å². The van der Waals surface area contributed by atoms with Crippen molar-refractivity contribution in [2.45, 2.75) is 25.8 Å². The maximum atomic E-state index is 10.9. The van der Waals surface area contributed by atoms with Crippen LogP contribution in [0.3, 0.4) is 0 Å². The zero-order valence-corrected chi connectivity index (χ0v) is 8.45. The number of hydrogen-bond acceptors (Lipinski definition) is 2. The van der Waals surface area contributed by atoms with E-state index < -0.39 is 11.5 Å². The van der Waals surface area contributed by atoms with E-state index in [-0.39, 0.29) is 0 Å². The SMILES string of the molecule is CCC(C)(N)c1ccccc1C(=O)O. The van der Waals surface area contributed by atoms with E-state index in [0.717, 1.165) is 0 Å². The molecule has 3 N–H and O–H groups in total. The largest absolute Gasteiger partial charge is 0.478 e. The number of benzene rings is 1. The Morgan fingerprint density at radius 3 is 2.57 bits per heavy atom. The second-order valence-corrected chi connectivity index (χ2v) is 3.62. The van der Waals surface area contributed by atoms with Gasteiger partial charge in [-0.25, -0.2) is 4.79 Å². The van der Waals surface area contributed by atoms with Gasteiger partial charge in [0.1, 0.15) is 0 Å². The van der Waals surface area contributed by atoms with Crippen LogP contribution in [0.15, 0.2) is 24.3 Å². The maximum absolute atomic E-state index is 10.9. The molecule has 76 valence electrons. The first kappa shape index (κ1) is 10.7. The minimum Gasteiger partial charge on any atom is -0.478 e. The number of nitrogens with two attached hydrogens (primary N) is 1. The lowest BCUT2D eigenvalue weighted by atomic mass is 9.87. The average molecular weight is 193 g/mol. The van der Waals surface area contributed by atoms with E-state index in [2.05, 4.69) is 0 Å². The van der Waals surface area contributed by atoms with Crippen molar-refractivity contribution in [2.75, 3.05) is 0 Å². The molecular formula is C11H15NO2. The fourth-order valence-electron chi connectivity index (χ4n) is 1.36. The molecule has 0 radical (unpaired) electrons. The van der Waals surface area contributed by atoms with Crippen LogP contribution in [0, 0.1) is 0 Å². The van der Waals surface area contributed by atoms with Crippen molar-refractivity contribution in [3.63, 3.8) is 0 Å². The molecule has 0 heterocycles. The van der Waals surface area contributed by atoms with Gasteiger partial charge in [0.15, 0.2) is 0 Å². The molecule has 0 aliphatic rings. The Hall–Kier alpha value is -1.35. The first-order valence-electron chi connectivity index (χ1n) is 4.60. The van der Waals surface area contributed by atoms with E-state index in [9.17, 15) is 4.79 Å². The third-order valence-electron chi connectivity index (χ3n) is 2.51. The normalized spacial score (nSPS) is 14.8. The minimum atomic E-state index is -0.925. The monoisotopic (exact) mass is 193 g/mol. The molecular weight excluding hydrogens is 178 g/mol. The summed E-state index contributed by atoms with van der Waals surface area (Å²) in [6.45, 7) is 3.79. The van der Waals surface area contributed by atoms with Crippen molar-refractivity contribution in [3.05, 3.63) is 35.4 Å². The van der Waals surface area contributed by atoms with Crippen molar-refractivity contribution in [1.82, 2.24) is 0 Å². The highest BCUT2D eigenvalue weighted by Crippen LogP contribution is 2.24. The first-order chi connectivity index (χ1) is 6.49. The van der Waals surface area contributed by atoms with Gasteiger partial charge < -0.3 is 10.8 Å². The number of aromatic carboxylic acids is 1. The Kier molecular flexibility index (Phi) is 2.91. The summed E-state index contributed by atoms with van der Waals surface area (Å²) in [5.41, 5.74) is 6.42. The lowest BCUT2D eigenvalue weighted by Crippen LogP contribution is -2.33. The van der Waals surface area contributed by atoms with E-state index >= 15 is 0 Å².